The summed E-state index contributed by atoms with van der Waals surface area (Å²) >= 11 is 0. The molecule has 4 heteroatoms. The Balaban J connectivity index is 2.38. The van der Waals surface area contributed by atoms with Crippen LogP contribution in [0.3, 0.4) is 0 Å². The molecule has 0 radical (unpaired) electrons. The van der Waals surface area contributed by atoms with Gasteiger partial charge in [-0.05, 0) is 37.0 Å². The molecule has 1 aliphatic carbocycles. The number of carboxylic acids is 1. The molecule has 0 aliphatic heterocycles. The van der Waals surface area contributed by atoms with E-state index in [1.165, 1.54) is 0 Å². The van der Waals surface area contributed by atoms with Gasteiger partial charge < -0.3 is 9.84 Å². The summed E-state index contributed by atoms with van der Waals surface area (Å²) in [6.45, 7) is 0. The normalized spacial score (nSPS) is 22.6. The van der Waals surface area contributed by atoms with Gasteiger partial charge in [-0.3, -0.25) is 9.59 Å². The summed E-state index contributed by atoms with van der Waals surface area (Å²) in [6, 6.07) is 7.47. The van der Waals surface area contributed by atoms with Crippen LogP contribution in [0.1, 0.15) is 44.1 Å². The van der Waals surface area contributed by atoms with Gasteiger partial charge in [0.25, 0.3) is 0 Å². The van der Waals surface area contributed by atoms with Gasteiger partial charge in [-0.15, -0.1) is 0 Å². The van der Waals surface area contributed by atoms with Gasteiger partial charge in [0.05, 0.1) is 12.5 Å². The molecular weight excluding hydrogens is 256 g/mol. The van der Waals surface area contributed by atoms with E-state index in [-0.39, 0.29) is 12.2 Å². The first-order chi connectivity index (χ1) is 9.58. The maximum absolute atomic E-state index is 12.5. The van der Waals surface area contributed by atoms with E-state index in [1.54, 1.807) is 7.11 Å². The minimum Gasteiger partial charge on any atom is -0.497 e. The van der Waals surface area contributed by atoms with Crippen LogP contribution in [0.4, 0.5) is 0 Å². The molecule has 1 fully saturated rings. The zero-order valence-electron chi connectivity index (χ0n) is 11.7. The minimum atomic E-state index is -0.856. The molecule has 1 aromatic carbocycles. The lowest BCUT2D eigenvalue weighted by molar-refractivity contribution is -0.138. The average Bonchev–Trinajstić information content (AvgIpc) is 2.46. The number of hydrogen-bond donors (Lipinski definition) is 1. The van der Waals surface area contributed by atoms with Gasteiger partial charge in [0.1, 0.15) is 11.5 Å². The maximum atomic E-state index is 12.5. The monoisotopic (exact) mass is 276 g/mol. The smallest absolute Gasteiger partial charge is 0.303 e. The standard InChI is InChI=1S/C16H20O4/c1-20-13-6-4-5-12(11-13)16(10-8-15(18)19)9-3-2-7-14(16)17/h4-6,11H,2-3,7-10H2,1H3,(H,18,19). The summed E-state index contributed by atoms with van der Waals surface area (Å²) in [4.78, 5) is 23.4. The Morgan fingerprint density at radius 1 is 1.40 bits per heavy atom. The highest BCUT2D eigenvalue weighted by molar-refractivity contribution is 5.91. The number of carbonyl (C=O) groups excluding carboxylic acids is 1. The lowest BCUT2D eigenvalue weighted by atomic mass is 9.66. The first-order valence-electron chi connectivity index (χ1n) is 6.98. The summed E-state index contributed by atoms with van der Waals surface area (Å²) in [5.41, 5.74) is 0.244. The lowest BCUT2D eigenvalue weighted by Crippen LogP contribution is -2.39. The van der Waals surface area contributed by atoms with E-state index < -0.39 is 11.4 Å². The molecular formula is C16H20O4. The van der Waals surface area contributed by atoms with Gasteiger partial charge in [-0.25, -0.2) is 0 Å². The predicted octanol–water partition coefficient (Wildman–Crippen LogP) is 2.94. The van der Waals surface area contributed by atoms with E-state index in [1.807, 2.05) is 24.3 Å². The fourth-order valence-corrected chi connectivity index (χ4v) is 3.05. The van der Waals surface area contributed by atoms with Crippen LogP contribution in [0.25, 0.3) is 0 Å². The predicted molar refractivity (Wildman–Crippen MR) is 75.0 cm³/mol. The third kappa shape index (κ3) is 2.84. The molecule has 1 saturated carbocycles. The highest BCUT2D eigenvalue weighted by Crippen LogP contribution is 2.41. The topological polar surface area (TPSA) is 63.6 Å². The van der Waals surface area contributed by atoms with E-state index in [2.05, 4.69) is 0 Å². The third-order valence-electron chi connectivity index (χ3n) is 4.18. The maximum Gasteiger partial charge on any atom is 0.303 e. The fourth-order valence-electron chi connectivity index (χ4n) is 3.05. The van der Waals surface area contributed by atoms with Crippen molar-refractivity contribution >= 4 is 11.8 Å². The quantitative estimate of drug-likeness (QED) is 0.898. The molecule has 4 nitrogen and oxygen atoms in total. The minimum absolute atomic E-state index is 0.0168. The van der Waals surface area contributed by atoms with Crippen LogP contribution in [-0.2, 0) is 15.0 Å². The first-order valence-corrected chi connectivity index (χ1v) is 6.98. The summed E-state index contributed by atoms with van der Waals surface area (Å²) in [6.07, 6.45) is 3.51. The van der Waals surface area contributed by atoms with Gasteiger partial charge in [0.15, 0.2) is 0 Å². The molecule has 1 N–H and O–H groups in total. The number of Topliss-reactive ketones (excluding diaryl/α,β-unsaturated/α-hetero) is 1. The molecule has 0 bridgehead atoms. The number of aliphatic carboxylic acids is 1. The molecule has 0 heterocycles. The second-order valence-corrected chi connectivity index (χ2v) is 5.34. The number of benzene rings is 1. The third-order valence-corrected chi connectivity index (χ3v) is 4.18. The van der Waals surface area contributed by atoms with Crippen LogP contribution < -0.4 is 4.74 Å². The summed E-state index contributed by atoms with van der Waals surface area (Å²) < 4.78 is 5.22. The Morgan fingerprint density at radius 2 is 2.20 bits per heavy atom. The van der Waals surface area contributed by atoms with Gasteiger partial charge in [0.2, 0.25) is 0 Å². The van der Waals surface area contributed by atoms with E-state index in [4.69, 9.17) is 9.84 Å². The molecule has 1 aliphatic rings. The van der Waals surface area contributed by atoms with E-state index >= 15 is 0 Å². The molecule has 1 atom stereocenters. The molecule has 1 aromatic rings. The van der Waals surface area contributed by atoms with Crippen molar-refractivity contribution in [3.8, 4) is 5.75 Å². The Morgan fingerprint density at radius 3 is 2.85 bits per heavy atom. The van der Waals surface area contributed by atoms with Crippen molar-refractivity contribution in [1.29, 1.82) is 0 Å². The molecule has 0 amide bonds. The largest absolute Gasteiger partial charge is 0.497 e. The Kier molecular flexibility index (Phi) is 4.42. The number of hydrogen-bond acceptors (Lipinski definition) is 3. The fraction of sp³-hybridized carbons (Fsp3) is 0.500. The number of methoxy groups -OCH3 is 1. The first kappa shape index (κ1) is 14.6. The van der Waals surface area contributed by atoms with Crippen molar-refractivity contribution in [2.75, 3.05) is 7.11 Å². The Bertz CT molecular complexity index is 509. The Labute approximate surface area is 118 Å². The van der Waals surface area contributed by atoms with E-state index in [9.17, 15) is 9.59 Å². The van der Waals surface area contributed by atoms with Crippen molar-refractivity contribution in [3.63, 3.8) is 0 Å². The molecule has 0 aromatic heterocycles. The molecule has 0 spiro atoms. The second kappa shape index (κ2) is 6.07. The second-order valence-electron chi connectivity index (χ2n) is 5.34. The van der Waals surface area contributed by atoms with Crippen LogP contribution in [0.15, 0.2) is 24.3 Å². The molecule has 108 valence electrons. The zero-order valence-corrected chi connectivity index (χ0v) is 11.7. The molecule has 0 saturated heterocycles. The molecule has 20 heavy (non-hydrogen) atoms. The summed E-state index contributed by atoms with van der Waals surface area (Å²) in [7, 11) is 1.59. The van der Waals surface area contributed by atoms with Crippen molar-refractivity contribution in [2.24, 2.45) is 0 Å². The van der Waals surface area contributed by atoms with Crippen molar-refractivity contribution < 1.29 is 19.4 Å². The van der Waals surface area contributed by atoms with Crippen molar-refractivity contribution in [2.45, 2.75) is 43.9 Å². The number of carbonyl (C=O) groups is 2. The number of ketones is 1. The molecule has 2 rings (SSSR count). The van der Waals surface area contributed by atoms with Crippen LogP contribution in [0, 0.1) is 0 Å². The average molecular weight is 276 g/mol. The van der Waals surface area contributed by atoms with E-state index in [0.717, 1.165) is 24.8 Å². The summed E-state index contributed by atoms with van der Waals surface area (Å²) in [5, 5.41) is 8.96. The Hall–Kier alpha value is -1.84. The van der Waals surface area contributed by atoms with Gasteiger partial charge in [0, 0.05) is 12.8 Å². The number of carboxylic acid groups (broad SMARTS) is 1. The van der Waals surface area contributed by atoms with Gasteiger partial charge in [-0.1, -0.05) is 18.6 Å². The van der Waals surface area contributed by atoms with Gasteiger partial charge >= 0.3 is 5.97 Å². The summed E-state index contributed by atoms with van der Waals surface area (Å²) in [5.74, 6) is 0.0134. The van der Waals surface area contributed by atoms with E-state index in [0.29, 0.717) is 18.6 Å². The highest BCUT2D eigenvalue weighted by atomic mass is 16.5. The van der Waals surface area contributed by atoms with Crippen LogP contribution in [0.2, 0.25) is 0 Å². The number of rotatable bonds is 5. The van der Waals surface area contributed by atoms with Crippen molar-refractivity contribution in [1.82, 2.24) is 0 Å². The van der Waals surface area contributed by atoms with Crippen molar-refractivity contribution in [3.05, 3.63) is 29.8 Å². The lowest BCUT2D eigenvalue weighted by Gasteiger charge is -2.36. The van der Waals surface area contributed by atoms with Gasteiger partial charge in [-0.2, -0.15) is 0 Å². The number of ether oxygens (including phenoxy) is 1. The van der Waals surface area contributed by atoms with Crippen LogP contribution in [0.5, 0.6) is 5.75 Å². The SMILES string of the molecule is COc1cccc(C2(CCC(=O)O)CCCCC2=O)c1. The zero-order chi connectivity index (χ0) is 14.6. The molecule has 1 unspecified atom stereocenters. The highest BCUT2D eigenvalue weighted by Gasteiger charge is 2.41. The van der Waals surface area contributed by atoms with Crippen LogP contribution >= 0.6 is 0 Å². The van der Waals surface area contributed by atoms with Crippen LogP contribution in [-0.4, -0.2) is 24.0 Å².